The average Bonchev–Trinajstić information content (AvgIpc) is 3.77. The number of carbonyl (C=O) groups excluding carboxylic acids is 3. The molecule has 0 N–H and O–H groups in total. The zero-order valence-corrected chi connectivity index (χ0v) is 35.4. The second-order valence-electron chi connectivity index (χ2n) is 15.7. The molecule has 0 spiro atoms. The smallest absolute Gasteiger partial charge is 0.261 e. The molecule has 0 bridgehead atoms. The normalized spacial score (nSPS) is 16.5. The fourth-order valence-corrected chi connectivity index (χ4v) is 8.41. The van der Waals surface area contributed by atoms with Crippen LogP contribution >= 0.6 is 0 Å². The van der Waals surface area contributed by atoms with Crippen molar-refractivity contribution >= 4 is 58.5 Å². The molecule has 312 valence electrons. The number of aliphatic imine (C=N–C) groups is 2. The van der Waals surface area contributed by atoms with E-state index in [0.717, 1.165) is 65.3 Å². The van der Waals surface area contributed by atoms with Crippen molar-refractivity contribution in [3.63, 3.8) is 0 Å². The number of aryl methyl sites for hydroxylation is 1. The van der Waals surface area contributed by atoms with Crippen LogP contribution in [0, 0.1) is 6.92 Å². The SMILES string of the molecule is CCC(=O)CCCN(C)c1cccc(COc2cc3c(cc2OC)C(=O)N2c4ccccc4C[C@H]2C=N3)c1.CCOc1cc2c(cc1C)C(=O)N1c3ccccc3C[C@H]1C=N2. The highest BCUT2D eigenvalue weighted by Crippen LogP contribution is 2.42. The van der Waals surface area contributed by atoms with Gasteiger partial charge in [0.05, 0.1) is 48.3 Å². The molecule has 2 amide bonds. The molecule has 0 unspecified atom stereocenters. The minimum Gasteiger partial charge on any atom is -0.494 e. The molecular formula is C50H51N5O6. The Kier molecular flexibility index (Phi) is 12.0. The number of benzene rings is 5. The van der Waals surface area contributed by atoms with Gasteiger partial charge in [0.25, 0.3) is 11.8 Å². The lowest BCUT2D eigenvalue weighted by Crippen LogP contribution is -2.37. The average molecular weight is 818 g/mol. The minimum atomic E-state index is -0.109. The lowest BCUT2D eigenvalue weighted by Gasteiger charge is -2.22. The summed E-state index contributed by atoms with van der Waals surface area (Å²) >= 11 is 0. The summed E-state index contributed by atoms with van der Waals surface area (Å²) in [5.74, 6) is 2.04. The summed E-state index contributed by atoms with van der Waals surface area (Å²) in [4.78, 5) is 53.4. The van der Waals surface area contributed by atoms with Crippen molar-refractivity contribution in [1.82, 2.24) is 0 Å². The molecule has 11 nitrogen and oxygen atoms in total. The van der Waals surface area contributed by atoms with Gasteiger partial charge in [-0.3, -0.25) is 34.2 Å². The number of methoxy groups -OCH3 is 1. The lowest BCUT2D eigenvalue weighted by atomic mass is 10.1. The standard InChI is InChI=1S/C31H33N3O4.C19H18N2O2/c1-4-25(35)12-8-14-33(2)23-11-7-9-21(15-23)20-38-30-18-27-26(17-29(30)37-3)31(36)34-24(19-32-27)16-22-10-5-6-13-28(22)34;1-3-23-18-10-16-15(8-12(18)2)19(22)21-14(11-20-16)9-13-6-4-5-7-17(13)21/h5-7,9-11,13,15,17-19,24H,4,8,12,14,16,20H2,1-3H3;4-8,10-11,14H,3,9H2,1-2H3/t24-;14-/m00/s1. The molecule has 0 saturated carbocycles. The van der Waals surface area contributed by atoms with E-state index in [1.165, 1.54) is 5.56 Å². The number of hydrogen-bond acceptors (Lipinski definition) is 9. The molecule has 9 rings (SSSR count). The van der Waals surface area contributed by atoms with Gasteiger partial charge in [-0.1, -0.05) is 55.5 Å². The molecule has 4 aliphatic heterocycles. The van der Waals surface area contributed by atoms with Gasteiger partial charge in [-0.05, 0) is 78.9 Å². The first-order valence-electron chi connectivity index (χ1n) is 21.0. The number of fused-ring (bicyclic) bond motifs is 8. The van der Waals surface area contributed by atoms with Gasteiger partial charge in [-0.2, -0.15) is 0 Å². The van der Waals surface area contributed by atoms with E-state index in [4.69, 9.17) is 14.2 Å². The predicted molar refractivity (Wildman–Crippen MR) is 242 cm³/mol. The molecule has 0 radical (unpaired) electrons. The maximum atomic E-state index is 13.6. The van der Waals surface area contributed by atoms with Gasteiger partial charge in [-0.15, -0.1) is 0 Å². The first-order chi connectivity index (χ1) is 29.7. The fourth-order valence-electron chi connectivity index (χ4n) is 8.41. The van der Waals surface area contributed by atoms with Crippen molar-refractivity contribution in [3.8, 4) is 17.2 Å². The Morgan fingerprint density at radius 3 is 1.95 bits per heavy atom. The first kappa shape index (κ1) is 41.0. The number of ketones is 1. The zero-order valence-electron chi connectivity index (χ0n) is 35.4. The highest BCUT2D eigenvalue weighted by Gasteiger charge is 2.37. The Bertz CT molecular complexity index is 2550. The third-order valence-corrected chi connectivity index (χ3v) is 11.7. The Balaban J connectivity index is 0.000000190. The van der Waals surface area contributed by atoms with Crippen LogP contribution in [0.3, 0.4) is 0 Å². The monoisotopic (exact) mass is 817 g/mol. The molecular weight excluding hydrogens is 767 g/mol. The molecule has 4 aliphatic rings. The Morgan fingerprint density at radius 1 is 0.738 bits per heavy atom. The summed E-state index contributed by atoms with van der Waals surface area (Å²) in [5, 5.41) is 0. The number of Topliss-reactive ketones (excluding diaryl/α,β-unsaturated/α-hetero) is 1. The Hall–Kier alpha value is -6.75. The van der Waals surface area contributed by atoms with Crippen LogP contribution in [-0.2, 0) is 24.2 Å². The van der Waals surface area contributed by atoms with Gasteiger partial charge in [0.1, 0.15) is 18.1 Å². The molecule has 5 aromatic carbocycles. The molecule has 4 heterocycles. The van der Waals surface area contributed by atoms with Crippen molar-refractivity contribution in [2.75, 3.05) is 42.0 Å². The number of hydrogen-bond donors (Lipinski definition) is 0. The topological polar surface area (TPSA) is 113 Å². The number of carbonyl (C=O) groups is 3. The number of para-hydroxylation sites is 2. The van der Waals surface area contributed by atoms with Gasteiger partial charge in [-0.25, -0.2) is 0 Å². The van der Waals surface area contributed by atoms with Crippen LogP contribution in [0.15, 0.2) is 107 Å². The summed E-state index contributed by atoms with van der Waals surface area (Å²) in [7, 11) is 3.61. The molecule has 0 aromatic heterocycles. The van der Waals surface area contributed by atoms with Crippen molar-refractivity contribution < 1.29 is 28.6 Å². The van der Waals surface area contributed by atoms with Crippen LogP contribution in [0.5, 0.6) is 17.2 Å². The number of anilines is 3. The summed E-state index contributed by atoms with van der Waals surface area (Å²) in [5.41, 5.74) is 9.71. The predicted octanol–water partition coefficient (Wildman–Crippen LogP) is 9.44. The van der Waals surface area contributed by atoms with Crippen molar-refractivity contribution in [3.05, 3.63) is 130 Å². The third-order valence-electron chi connectivity index (χ3n) is 11.7. The van der Waals surface area contributed by atoms with Crippen molar-refractivity contribution in [2.45, 2.75) is 71.6 Å². The van der Waals surface area contributed by atoms with E-state index in [-0.39, 0.29) is 23.9 Å². The zero-order chi connectivity index (χ0) is 42.6. The fraction of sp³-hybridized carbons (Fsp3) is 0.300. The maximum Gasteiger partial charge on any atom is 0.261 e. The first-order valence-corrected chi connectivity index (χ1v) is 21.0. The largest absolute Gasteiger partial charge is 0.494 e. The molecule has 0 fully saturated rings. The van der Waals surface area contributed by atoms with Gasteiger partial charge < -0.3 is 19.1 Å². The molecule has 0 saturated heterocycles. The molecule has 0 aliphatic carbocycles. The number of rotatable bonds is 12. The molecule has 2 atom stereocenters. The maximum absolute atomic E-state index is 13.6. The van der Waals surface area contributed by atoms with Crippen LogP contribution in [0.4, 0.5) is 28.4 Å². The Morgan fingerprint density at radius 2 is 1.34 bits per heavy atom. The second kappa shape index (κ2) is 17.8. The van der Waals surface area contributed by atoms with Crippen LogP contribution in [0.25, 0.3) is 0 Å². The van der Waals surface area contributed by atoms with E-state index in [1.54, 1.807) is 19.2 Å². The van der Waals surface area contributed by atoms with Crippen molar-refractivity contribution in [1.29, 1.82) is 0 Å². The summed E-state index contributed by atoms with van der Waals surface area (Å²) in [6.07, 6.45) is 7.34. The highest BCUT2D eigenvalue weighted by molar-refractivity contribution is 6.15. The molecule has 11 heteroatoms. The molecule has 5 aromatic rings. The van der Waals surface area contributed by atoms with Crippen molar-refractivity contribution in [2.24, 2.45) is 9.98 Å². The van der Waals surface area contributed by atoms with E-state index < -0.39 is 0 Å². The lowest BCUT2D eigenvalue weighted by molar-refractivity contribution is -0.118. The van der Waals surface area contributed by atoms with Crippen LogP contribution in [-0.4, -0.2) is 69.4 Å². The van der Waals surface area contributed by atoms with Crippen LogP contribution in [0.2, 0.25) is 0 Å². The number of ether oxygens (including phenoxy) is 3. The number of nitrogens with zero attached hydrogens (tertiary/aromatic N) is 5. The van der Waals surface area contributed by atoms with Gasteiger partial charge in [0, 0.05) is 80.9 Å². The van der Waals surface area contributed by atoms with Gasteiger partial charge in [0.2, 0.25) is 0 Å². The van der Waals surface area contributed by atoms with Gasteiger partial charge >= 0.3 is 0 Å². The highest BCUT2D eigenvalue weighted by atomic mass is 16.5. The van der Waals surface area contributed by atoms with E-state index in [0.29, 0.717) is 65.8 Å². The number of amides is 2. The third kappa shape index (κ3) is 8.37. The summed E-state index contributed by atoms with van der Waals surface area (Å²) < 4.78 is 17.4. The van der Waals surface area contributed by atoms with E-state index in [1.807, 2.05) is 111 Å². The van der Waals surface area contributed by atoms with Crippen LogP contribution in [0.1, 0.15) is 76.1 Å². The van der Waals surface area contributed by atoms with Gasteiger partial charge in [0.15, 0.2) is 11.5 Å². The summed E-state index contributed by atoms with van der Waals surface area (Å²) in [6.45, 7) is 7.56. The Labute approximate surface area is 357 Å². The van der Waals surface area contributed by atoms with E-state index in [2.05, 4.69) is 39.2 Å². The quantitative estimate of drug-likeness (QED) is 0.123. The summed E-state index contributed by atoms with van der Waals surface area (Å²) in [6, 6.07) is 31.4. The van der Waals surface area contributed by atoms with E-state index in [9.17, 15) is 14.4 Å². The second-order valence-corrected chi connectivity index (χ2v) is 15.7. The van der Waals surface area contributed by atoms with Crippen LogP contribution < -0.4 is 28.9 Å². The minimum absolute atomic E-state index is 0.0110. The van der Waals surface area contributed by atoms with E-state index >= 15 is 0 Å². The molecule has 61 heavy (non-hydrogen) atoms.